The van der Waals surface area contributed by atoms with E-state index in [1.807, 2.05) is 0 Å². The first-order valence-electron chi connectivity index (χ1n) is 5.90. The van der Waals surface area contributed by atoms with Crippen LogP contribution in [0.5, 0.6) is 0 Å². The third-order valence-electron chi connectivity index (χ3n) is 3.40. The van der Waals surface area contributed by atoms with Gasteiger partial charge in [0.05, 0.1) is 10.8 Å². The lowest BCUT2D eigenvalue weighted by Gasteiger charge is -2.02. The molecule has 0 aromatic heterocycles. The summed E-state index contributed by atoms with van der Waals surface area (Å²) in [5, 5.41) is 8.78. The van der Waals surface area contributed by atoms with Gasteiger partial charge in [-0.2, -0.15) is 0 Å². The van der Waals surface area contributed by atoms with Gasteiger partial charge in [0.25, 0.3) is 0 Å². The average Bonchev–Trinajstić information content (AvgIpc) is 3.05. The highest BCUT2D eigenvalue weighted by molar-refractivity contribution is 7.90. The molecule has 5 heteroatoms. The van der Waals surface area contributed by atoms with Gasteiger partial charge >= 0.3 is 5.97 Å². The molecule has 0 aliphatic heterocycles. The Morgan fingerprint density at radius 1 is 1.33 bits per heavy atom. The van der Waals surface area contributed by atoms with Gasteiger partial charge in [0.15, 0.2) is 9.84 Å². The monoisotopic (exact) mass is 268 g/mol. The zero-order chi connectivity index (χ0) is 13.3. The Bertz CT molecular complexity index is 545. The molecule has 0 heterocycles. The van der Waals surface area contributed by atoms with Crippen molar-refractivity contribution in [3.05, 3.63) is 29.8 Å². The summed E-state index contributed by atoms with van der Waals surface area (Å²) in [7, 11) is -3.14. The van der Waals surface area contributed by atoms with Crippen molar-refractivity contribution < 1.29 is 18.3 Å². The van der Waals surface area contributed by atoms with Gasteiger partial charge in [-0.1, -0.05) is 12.1 Å². The molecule has 1 aliphatic carbocycles. The number of aryl methyl sites for hydroxylation is 1. The molecular formula is C13H16O4S. The standard InChI is InChI=1S/C13H16O4S/c1-18(16,17)11-6-3-9(4-7-11)2-5-10-8-12(10)13(14)15/h3-4,6-7,10,12H,2,5,8H2,1H3,(H,14,15). The second-order valence-electron chi connectivity index (χ2n) is 4.90. The van der Waals surface area contributed by atoms with Crippen molar-refractivity contribution in [3.8, 4) is 0 Å². The fourth-order valence-corrected chi connectivity index (χ4v) is 2.75. The van der Waals surface area contributed by atoms with Crippen LogP contribution in [0.3, 0.4) is 0 Å². The van der Waals surface area contributed by atoms with E-state index in [1.54, 1.807) is 24.3 Å². The van der Waals surface area contributed by atoms with Crippen LogP contribution in [-0.2, 0) is 21.1 Å². The molecule has 1 saturated carbocycles. The zero-order valence-electron chi connectivity index (χ0n) is 10.2. The molecular weight excluding hydrogens is 252 g/mol. The van der Waals surface area contributed by atoms with Gasteiger partial charge in [-0.3, -0.25) is 4.79 Å². The molecule has 0 saturated heterocycles. The quantitative estimate of drug-likeness (QED) is 0.883. The van der Waals surface area contributed by atoms with Crippen LogP contribution in [0, 0.1) is 11.8 Å². The number of sulfone groups is 1. The molecule has 2 unspecified atom stereocenters. The van der Waals surface area contributed by atoms with Gasteiger partial charge in [0.1, 0.15) is 0 Å². The van der Waals surface area contributed by atoms with Crippen LogP contribution in [0.2, 0.25) is 0 Å². The van der Waals surface area contributed by atoms with Crippen molar-refractivity contribution in [1.82, 2.24) is 0 Å². The molecule has 4 nitrogen and oxygen atoms in total. The van der Waals surface area contributed by atoms with Crippen molar-refractivity contribution in [1.29, 1.82) is 0 Å². The van der Waals surface area contributed by atoms with Crippen LogP contribution in [0.4, 0.5) is 0 Å². The predicted molar refractivity (Wildman–Crippen MR) is 67.1 cm³/mol. The zero-order valence-corrected chi connectivity index (χ0v) is 11.0. The Morgan fingerprint density at radius 2 is 1.94 bits per heavy atom. The molecule has 0 spiro atoms. The lowest BCUT2D eigenvalue weighted by molar-refractivity contribution is -0.138. The summed E-state index contributed by atoms with van der Waals surface area (Å²) in [5.41, 5.74) is 1.05. The molecule has 1 aromatic carbocycles. The summed E-state index contributed by atoms with van der Waals surface area (Å²) in [6, 6.07) is 6.81. The summed E-state index contributed by atoms with van der Waals surface area (Å²) < 4.78 is 22.5. The van der Waals surface area contributed by atoms with E-state index in [-0.39, 0.29) is 11.8 Å². The van der Waals surface area contributed by atoms with E-state index in [2.05, 4.69) is 0 Å². The van der Waals surface area contributed by atoms with E-state index in [0.717, 1.165) is 24.8 Å². The highest BCUT2D eigenvalue weighted by Gasteiger charge is 2.42. The van der Waals surface area contributed by atoms with Gasteiger partial charge in [-0.25, -0.2) is 8.42 Å². The van der Waals surface area contributed by atoms with E-state index >= 15 is 0 Å². The first kappa shape index (κ1) is 13.1. The molecule has 1 aromatic rings. The summed E-state index contributed by atoms with van der Waals surface area (Å²) >= 11 is 0. The number of benzene rings is 1. The number of carboxylic acids is 1. The Kier molecular flexibility index (Phi) is 3.43. The summed E-state index contributed by atoms with van der Waals surface area (Å²) in [5.74, 6) is -0.579. The van der Waals surface area contributed by atoms with Crippen LogP contribution >= 0.6 is 0 Å². The maximum atomic E-state index is 11.3. The topological polar surface area (TPSA) is 71.4 Å². The SMILES string of the molecule is CS(=O)(=O)c1ccc(CCC2CC2C(=O)O)cc1. The largest absolute Gasteiger partial charge is 0.481 e. The van der Waals surface area contributed by atoms with Crippen molar-refractivity contribution >= 4 is 15.8 Å². The van der Waals surface area contributed by atoms with E-state index in [4.69, 9.17) is 5.11 Å². The highest BCUT2D eigenvalue weighted by atomic mass is 32.2. The van der Waals surface area contributed by atoms with Crippen LogP contribution in [0.1, 0.15) is 18.4 Å². The van der Waals surface area contributed by atoms with Crippen molar-refractivity contribution in [3.63, 3.8) is 0 Å². The van der Waals surface area contributed by atoms with Crippen LogP contribution in [-0.4, -0.2) is 25.7 Å². The van der Waals surface area contributed by atoms with Gasteiger partial charge in [-0.15, -0.1) is 0 Å². The molecule has 2 atom stereocenters. The first-order chi connectivity index (χ1) is 8.38. The number of aliphatic carboxylic acids is 1. The fourth-order valence-electron chi connectivity index (χ4n) is 2.12. The smallest absolute Gasteiger partial charge is 0.306 e. The maximum Gasteiger partial charge on any atom is 0.306 e. The molecule has 18 heavy (non-hydrogen) atoms. The molecule has 1 N–H and O–H groups in total. The third kappa shape index (κ3) is 3.10. The molecule has 2 rings (SSSR count). The van der Waals surface area contributed by atoms with Crippen LogP contribution < -0.4 is 0 Å². The highest BCUT2D eigenvalue weighted by Crippen LogP contribution is 2.42. The van der Waals surface area contributed by atoms with Gasteiger partial charge < -0.3 is 5.11 Å². The Morgan fingerprint density at radius 3 is 2.39 bits per heavy atom. The molecule has 1 fully saturated rings. The number of rotatable bonds is 5. The molecule has 0 bridgehead atoms. The predicted octanol–water partition coefficient (Wildman–Crippen LogP) is 1.74. The molecule has 0 amide bonds. The average molecular weight is 268 g/mol. The Labute approximate surface area is 107 Å². The minimum Gasteiger partial charge on any atom is -0.481 e. The normalized spacial score (nSPS) is 22.7. The minimum atomic E-state index is -3.14. The number of hydrogen-bond donors (Lipinski definition) is 1. The van der Waals surface area contributed by atoms with Gasteiger partial charge in [-0.05, 0) is 42.9 Å². The van der Waals surface area contributed by atoms with Crippen molar-refractivity contribution in [2.45, 2.75) is 24.2 Å². The fraction of sp³-hybridized carbons (Fsp3) is 0.462. The van der Waals surface area contributed by atoms with E-state index in [9.17, 15) is 13.2 Å². The Hall–Kier alpha value is -1.36. The maximum absolute atomic E-state index is 11.3. The van der Waals surface area contributed by atoms with Gasteiger partial charge in [0.2, 0.25) is 0 Å². The van der Waals surface area contributed by atoms with E-state index < -0.39 is 15.8 Å². The lowest BCUT2D eigenvalue weighted by atomic mass is 10.1. The minimum absolute atomic E-state index is 0.166. The van der Waals surface area contributed by atoms with Crippen molar-refractivity contribution in [2.24, 2.45) is 11.8 Å². The second kappa shape index (κ2) is 4.72. The third-order valence-corrected chi connectivity index (χ3v) is 4.52. The van der Waals surface area contributed by atoms with Gasteiger partial charge in [0, 0.05) is 6.26 Å². The first-order valence-corrected chi connectivity index (χ1v) is 7.79. The number of carbonyl (C=O) groups is 1. The summed E-state index contributed by atoms with van der Waals surface area (Å²) in [4.78, 5) is 11.0. The molecule has 0 radical (unpaired) electrons. The second-order valence-corrected chi connectivity index (χ2v) is 6.91. The van der Waals surface area contributed by atoms with Crippen LogP contribution in [0.25, 0.3) is 0 Å². The van der Waals surface area contributed by atoms with Crippen molar-refractivity contribution in [2.75, 3.05) is 6.26 Å². The molecule has 1 aliphatic rings. The number of carboxylic acid groups (broad SMARTS) is 1. The Balaban J connectivity index is 1.90. The van der Waals surface area contributed by atoms with E-state index in [0.29, 0.717) is 4.90 Å². The number of hydrogen-bond acceptors (Lipinski definition) is 3. The summed E-state index contributed by atoms with van der Waals surface area (Å²) in [6.07, 6.45) is 3.62. The molecule has 98 valence electrons. The van der Waals surface area contributed by atoms with E-state index in [1.165, 1.54) is 6.26 Å². The lowest BCUT2D eigenvalue weighted by Crippen LogP contribution is -2.00. The summed E-state index contributed by atoms with van der Waals surface area (Å²) in [6.45, 7) is 0. The van der Waals surface area contributed by atoms with Crippen LogP contribution in [0.15, 0.2) is 29.2 Å².